The van der Waals surface area contributed by atoms with Gasteiger partial charge in [0.05, 0.1) is 0 Å². The predicted molar refractivity (Wildman–Crippen MR) is 86.5 cm³/mol. The minimum absolute atomic E-state index is 0.580. The predicted octanol–water partition coefficient (Wildman–Crippen LogP) is 9.60. The second-order valence-corrected chi connectivity index (χ2v) is 8.62. The number of ether oxygens (including phenoxy) is 1. The van der Waals surface area contributed by atoms with Crippen molar-refractivity contribution in [1.82, 2.24) is 0 Å². The molecule has 272 valence electrons. The van der Waals surface area contributed by atoms with Crippen molar-refractivity contribution in [2.45, 2.75) is 90.1 Å². The Bertz CT molecular complexity index is 1020. The third kappa shape index (κ3) is 5.38. The maximum Gasteiger partial charge on any atom is 0.438 e. The second kappa shape index (κ2) is 11.1. The van der Waals surface area contributed by atoms with Crippen molar-refractivity contribution in [3.8, 4) is 0 Å². The molecule has 0 saturated heterocycles. The molecule has 28 heteroatoms. The highest BCUT2D eigenvalue weighted by molar-refractivity contribution is 5.21. The van der Waals surface area contributed by atoms with Gasteiger partial charge in [0, 0.05) is 20.1 Å². The fraction of sp³-hybridized carbons (Fsp3) is 1.00. The Balaban J connectivity index is 7.45. The van der Waals surface area contributed by atoms with E-state index in [0.29, 0.717) is 7.11 Å². The van der Waals surface area contributed by atoms with Gasteiger partial charge in [-0.2, -0.15) is 114 Å². The van der Waals surface area contributed by atoms with Crippen LogP contribution in [-0.2, 0) is 4.74 Å². The Morgan fingerprint density at radius 2 is 0.556 bits per heavy atom. The SMILES string of the molecule is COCCCC(F)(F)C(F)(F)C(F)(F)C(F)(F)C(F)(F)C(F)(F)C(F)(F)C(F)(F)C(F)(F)C(F)(F)C(F)(C(F)(F)F)C(F)(F)F. The summed E-state index contributed by atoms with van der Waals surface area (Å²) in [5.41, 5.74) is -9.21. The number of hydrogen-bond donors (Lipinski definition) is 0. The molecule has 0 amide bonds. The molecule has 0 rings (SSSR count). The number of halogens is 27. The maximum atomic E-state index is 13.8. The molecule has 0 atom stereocenters. The van der Waals surface area contributed by atoms with E-state index in [4.69, 9.17) is 0 Å². The lowest BCUT2D eigenvalue weighted by molar-refractivity contribution is -0.487. The van der Waals surface area contributed by atoms with Crippen molar-refractivity contribution in [1.29, 1.82) is 0 Å². The summed E-state index contributed by atoms with van der Waals surface area (Å²) in [6.45, 7) is -1.16. The largest absolute Gasteiger partial charge is 0.438 e. The van der Waals surface area contributed by atoms with Crippen LogP contribution in [0.2, 0.25) is 0 Å². The number of hydrogen-bond acceptors (Lipinski definition) is 1. The van der Waals surface area contributed by atoms with Crippen LogP contribution in [-0.4, -0.2) is 91.0 Å². The lowest BCUT2D eigenvalue weighted by atomic mass is 9.81. The van der Waals surface area contributed by atoms with Gasteiger partial charge in [0.15, 0.2) is 0 Å². The van der Waals surface area contributed by atoms with Crippen molar-refractivity contribution < 1.29 is 123 Å². The Kier molecular flexibility index (Phi) is 10.6. The molecule has 0 unspecified atom stereocenters. The molecule has 0 aromatic heterocycles. The number of methoxy groups -OCH3 is 1. The summed E-state index contributed by atoms with van der Waals surface area (Å²) in [4.78, 5) is 0. The number of rotatable bonds is 14. The average Bonchev–Trinajstić information content (AvgIpc) is 2.80. The third-order valence-corrected chi connectivity index (χ3v) is 5.67. The lowest BCUT2D eigenvalue weighted by Crippen LogP contribution is -2.79. The fourth-order valence-electron chi connectivity index (χ4n) is 2.94. The Morgan fingerprint density at radius 3 is 0.778 bits per heavy atom. The van der Waals surface area contributed by atoms with E-state index in [1.807, 2.05) is 0 Å². The molecule has 1 nitrogen and oxygen atoms in total. The van der Waals surface area contributed by atoms with E-state index in [2.05, 4.69) is 4.74 Å². The molecule has 0 radical (unpaired) electrons. The molecule has 0 heterocycles. The van der Waals surface area contributed by atoms with Crippen LogP contribution in [0, 0.1) is 0 Å². The van der Waals surface area contributed by atoms with E-state index in [0.717, 1.165) is 0 Å². The van der Waals surface area contributed by atoms with E-state index >= 15 is 0 Å². The monoisotopic (exact) mass is 742 g/mol. The third-order valence-electron chi connectivity index (χ3n) is 5.67. The van der Waals surface area contributed by atoms with E-state index < -0.39 is 96.7 Å². The minimum Gasteiger partial charge on any atom is -0.385 e. The van der Waals surface area contributed by atoms with Gasteiger partial charge in [-0.05, 0) is 6.42 Å². The van der Waals surface area contributed by atoms with Crippen LogP contribution >= 0.6 is 0 Å². The molecule has 0 saturated carbocycles. The molecule has 0 aliphatic carbocycles. The highest BCUT2D eigenvalue weighted by Crippen LogP contribution is 2.69. The van der Waals surface area contributed by atoms with Crippen molar-refractivity contribution in [3.63, 3.8) is 0 Å². The molecule has 45 heavy (non-hydrogen) atoms. The molecule has 0 aromatic carbocycles. The molecule has 0 aromatic rings. The molecule has 0 aliphatic rings. The first kappa shape index (κ1) is 43.1. The highest BCUT2D eigenvalue weighted by atomic mass is 19.4. The maximum absolute atomic E-state index is 13.8. The Labute approximate surface area is 228 Å². The summed E-state index contributed by atoms with van der Waals surface area (Å²) >= 11 is 0. The molecule has 0 N–H and O–H groups in total. The molecular weight excluding hydrogens is 733 g/mol. The van der Waals surface area contributed by atoms with E-state index in [1.165, 1.54) is 0 Å². The van der Waals surface area contributed by atoms with Gasteiger partial charge in [0.1, 0.15) is 0 Å². The highest BCUT2D eigenvalue weighted by Gasteiger charge is 3.01. The molecular formula is C17H9F27O. The average molecular weight is 742 g/mol. The van der Waals surface area contributed by atoms with Crippen LogP contribution in [0.25, 0.3) is 0 Å². The molecule has 0 bridgehead atoms. The zero-order valence-corrected chi connectivity index (χ0v) is 20.2. The van der Waals surface area contributed by atoms with Crippen molar-refractivity contribution >= 4 is 0 Å². The smallest absolute Gasteiger partial charge is 0.385 e. The summed E-state index contributed by atoms with van der Waals surface area (Å²) in [5.74, 6) is -91.3. The first-order valence-corrected chi connectivity index (χ1v) is 10.2. The van der Waals surface area contributed by atoms with E-state index in [-0.39, 0.29) is 0 Å². The van der Waals surface area contributed by atoms with Crippen LogP contribution in [0.1, 0.15) is 12.8 Å². The van der Waals surface area contributed by atoms with E-state index in [9.17, 15) is 119 Å². The summed E-state index contributed by atoms with van der Waals surface area (Å²) in [6, 6.07) is 0. The topological polar surface area (TPSA) is 9.23 Å². The Morgan fingerprint density at radius 1 is 0.333 bits per heavy atom. The second-order valence-electron chi connectivity index (χ2n) is 8.62. The lowest BCUT2D eigenvalue weighted by Gasteiger charge is -2.46. The van der Waals surface area contributed by atoms with Crippen molar-refractivity contribution in [3.05, 3.63) is 0 Å². The van der Waals surface area contributed by atoms with Gasteiger partial charge in [0.2, 0.25) is 0 Å². The molecule has 0 spiro atoms. The number of alkyl halides is 27. The normalized spacial score (nSPS) is 16.8. The van der Waals surface area contributed by atoms with Gasteiger partial charge in [-0.25, -0.2) is 4.39 Å². The first-order chi connectivity index (χ1) is 19.1. The van der Waals surface area contributed by atoms with Crippen LogP contribution < -0.4 is 0 Å². The fourth-order valence-corrected chi connectivity index (χ4v) is 2.94. The van der Waals surface area contributed by atoms with Crippen LogP contribution in [0.5, 0.6) is 0 Å². The van der Waals surface area contributed by atoms with Crippen molar-refractivity contribution in [2.24, 2.45) is 0 Å². The quantitative estimate of drug-likeness (QED) is 0.127. The van der Waals surface area contributed by atoms with Gasteiger partial charge < -0.3 is 4.74 Å². The van der Waals surface area contributed by atoms with E-state index in [1.54, 1.807) is 0 Å². The van der Waals surface area contributed by atoms with Crippen LogP contribution in [0.15, 0.2) is 0 Å². The summed E-state index contributed by atoms with van der Waals surface area (Å²) in [7, 11) is 0.580. The first-order valence-electron chi connectivity index (χ1n) is 10.2. The van der Waals surface area contributed by atoms with Gasteiger partial charge in [-0.1, -0.05) is 0 Å². The zero-order chi connectivity index (χ0) is 37.3. The standard InChI is InChI=1S/C17H9F27O/c1-45-4-2-3-5(18,19)7(21,22)9(25,26)11(29,30)13(33,34)15(37,38)14(35,36)12(31,32)10(27,28)8(23,24)6(20,16(39,40)41)17(42,43)44/h2-4H2,1H3. The van der Waals surface area contributed by atoms with Crippen LogP contribution in [0.3, 0.4) is 0 Å². The Hall–Kier alpha value is -1.93. The van der Waals surface area contributed by atoms with Crippen molar-refractivity contribution in [2.75, 3.05) is 13.7 Å². The van der Waals surface area contributed by atoms with Gasteiger partial charge >= 0.3 is 77.2 Å². The summed E-state index contributed by atoms with van der Waals surface area (Å²) in [6.07, 6.45) is -21.8. The summed E-state index contributed by atoms with van der Waals surface area (Å²) in [5, 5.41) is 0. The van der Waals surface area contributed by atoms with Gasteiger partial charge in [0.25, 0.3) is 0 Å². The molecule has 0 aliphatic heterocycles. The van der Waals surface area contributed by atoms with Gasteiger partial charge in [-0.3, -0.25) is 0 Å². The summed E-state index contributed by atoms with van der Waals surface area (Å²) < 4.78 is 365. The molecule has 0 fully saturated rings. The van der Waals surface area contributed by atoms with Gasteiger partial charge in [-0.15, -0.1) is 0 Å². The minimum atomic E-state index is -9.80. The zero-order valence-electron chi connectivity index (χ0n) is 20.2. The van der Waals surface area contributed by atoms with Crippen LogP contribution in [0.4, 0.5) is 119 Å².